The number of hydrogen-bond donors (Lipinski definition) is 2. The molecule has 2 aromatic carbocycles. The van der Waals surface area contributed by atoms with Crippen LogP contribution in [0.15, 0.2) is 60.4 Å². The molecule has 0 atom stereocenters. The Morgan fingerprint density at radius 3 is 2.73 bits per heavy atom. The summed E-state index contributed by atoms with van der Waals surface area (Å²) in [7, 11) is -4.14. The van der Waals surface area contributed by atoms with Gasteiger partial charge in [-0.05, 0) is 24.3 Å². The Bertz CT molecular complexity index is 1420. The number of halogens is 1. The average Bonchev–Trinajstić information content (AvgIpc) is 3.07. The maximum Gasteiger partial charge on any atom is 0.362 e. The first-order valence-electron chi connectivity index (χ1n) is 7.07. The van der Waals surface area contributed by atoms with Crippen molar-refractivity contribution in [2.24, 2.45) is 0 Å². The van der Waals surface area contributed by atoms with Crippen LogP contribution in [0.5, 0.6) is 0 Å². The van der Waals surface area contributed by atoms with Crippen LogP contribution in [0.4, 0.5) is 0 Å². The lowest BCUT2D eigenvalue weighted by Crippen LogP contribution is -2.33. The number of sulfone groups is 1. The molecule has 132 valence electrons. The number of hydrogen-bond acceptors (Lipinski definition) is 7. The quantitative estimate of drug-likeness (QED) is 0.493. The van der Waals surface area contributed by atoms with E-state index in [0.29, 0.717) is 5.39 Å². The Morgan fingerprint density at radius 2 is 1.96 bits per heavy atom. The lowest BCUT2D eigenvalue weighted by Gasteiger charge is -2.09. The monoisotopic (exact) mass is 393 g/mol. The Hall–Kier alpha value is -3.11. The zero-order valence-electron chi connectivity index (χ0n) is 12.6. The van der Waals surface area contributed by atoms with Gasteiger partial charge < -0.3 is 14.7 Å². The lowest BCUT2D eigenvalue weighted by atomic mass is 10.2. The molecule has 2 heterocycles. The van der Waals surface area contributed by atoms with E-state index in [0.717, 1.165) is 0 Å². The number of aromatic nitrogens is 3. The highest BCUT2D eigenvalue weighted by Gasteiger charge is 2.25. The maximum absolute atomic E-state index is 13.0. The third kappa shape index (κ3) is 2.23. The summed E-state index contributed by atoms with van der Waals surface area (Å²) in [6.45, 7) is 0. The summed E-state index contributed by atoms with van der Waals surface area (Å²) < 4.78 is 30.9. The zero-order chi connectivity index (χ0) is 18.6. The van der Waals surface area contributed by atoms with Gasteiger partial charge in [0.05, 0.1) is 31.9 Å². The smallest absolute Gasteiger partial charge is 0.362 e. The van der Waals surface area contributed by atoms with E-state index in [-0.39, 0.29) is 36.0 Å². The highest BCUT2D eigenvalue weighted by molar-refractivity contribution is 7.91. The normalized spacial score (nSPS) is 12.0. The third-order valence-electron chi connectivity index (χ3n) is 3.87. The molecule has 4 rings (SSSR count). The van der Waals surface area contributed by atoms with E-state index in [1.54, 1.807) is 0 Å². The fraction of sp³-hybridized carbons (Fsp3) is 0. The van der Waals surface area contributed by atoms with Crippen molar-refractivity contribution in [3.63, 3.8) is 0 Å². The standard InChI is InChI=1S/C15H8ClN3O6S/c16-9-3-4-11(13-12(9)14(20)19(22)15(21)18-13)26(23,24)8-2-1-7-6-17-25-10(7)5-8/h1-6,22H,(H,18,21). The molecule has 0 unspecified atom stereocenters. The van der Waals surface area contributed by atoms with Crippen LogP contribution >= 0.6 is 11.6 Å². The van der Waals surface area contributed by atoms with E-state index >= 15 is 0 Å². The molecule has 0 aliphatic heterocycles. The van der Waals surface area contributed by atoms with Crippen LogP contribution in [-0.4, -0.2) is 28.5 Å². The van der Waals surface area contributed by atoms with Gasteiger partial charge in [-0.1, -0.05) is 21.5 Å². The summed E-state index contributed by atoms with van der Waals surface area (Å²) in [6, 6.07) is 6.51. The molecular formula is C15H8ClN3O6S. The number of H-pyrrole nitrogens is 1. The maximum atomic E-state index is 13.0. The van der Waals surface area contributed by atoms with E-state index in [1.807, 2.05) is 0 Å². The van der Waals surface area contributed by atoms with E-state index in [2.05, 4.69) is 10.1 Å². The first-order chi connectivity index (χ1) is 12.3. The molecule has 4 aromatic rings. The van der Waals surface area contributed by atoms with Crippen molar-refractivity contribution in [1.82, 2.24) is 14.9 Å². The number of fused-ring (bicyclic) bond motifs is 2. The molecule has 9 nitrogen and oxygen atoms in total. The van der Waals surface area contributed by atoms with Gasteiger partial charge in [-0.25, -0.2) is 13.2 Å². The van der Waals surface area contributed by atoms with Gasteiger partial charge in [0, 0.05) is 11.5 Å². The lowest BCUT2D eigenvalue weighted by molar-refractivity contribution is 0.162. The van der Waals surface area contributed by atoms with Crippen molar-refractivity contribution in [2.75, 3.05) is 0 Å². The molecular weight excluding hydrogens is 386 g/mol. The van der Waals surface area contributed by atoms with Crippen molar-refractivity contribution in [3.8, 4) is 0 Å². The molecule has 0 saturated heterocycles. The zero-order valence-corrected chi connectivity index (χ0v) is 14.2. The van der Waals surface area contributed by atoms with Gasteiger partial charge in [-0.2, -0.15) is 0 Å². The molecule has 11 heteroatoms. The first kappa shape index (κ1) is 16.4. The molecule has 0 aliphatic rings. The van der Waals surface area contributed by atoms with Gasteiger partial charge in [0.2, 0.25) is 9.84 Å². The molecule has 0 saturated carbocycles. The number of benzene rings is 2. The third-order valence-corrected chi connectivity index (χ3v) is 5.98. The minimum absolute atomic E-state index is 0.117. The largest absolute Gasteiger partial charge is 0.421 e. The predicted octanol–water partition coefficient (Wildman–Crippen LogP) is 1.55. The van der Waals surface area contributed by atoms with Crippen LogP contribution in [0.1, 0.15) is 0 Å². The minimum atomic E-state index is -4.14. The highest BCUT2D eigenvalue weighted by Crippen LogP contribution is 2.30. The van der Waals surface area contributed by atoms with Crippen LogP contribution in [0.25, 0.3) is 21.9 Å². The van der Waals surface area contributed by atoms with Crippen LogP contribution in [0, 0.1) is 0 Å². The summed E-state index contributed by atoms with van der Waals surface area (Å²) in [4.78, 5) is 25.5. The molecule has 0 aliphatic carbocycles. The minimum Gasteiger partial charge on any atom is -0.421 e. The van der Waals surface area contributed by atoms with Crippen LogP contribution < -0.4 is 11.2 Å². The summed E-state index contributed by atoms with van der Waals surface area (Å²) in [6.07, 6.45) is 1.44. The van der Waals surface area contributed by atoms with Crippen molar-refractivity contribution < 1.29 is 18.1 Å². The predicted molar refractivity (Wildman–Crippen MR) is 90.5 cm³/mol. The first-order valence-corrected chi connectivity index (χ1v) is 8.93. The van der Waals surface area contributed by atoms with Gasteiger partial charge in [0.1, 0.15) is 0 Å². The molecule has 0 spiro atoms. The Balaban J connectivity index is 2.09. The van der Waals surface area contributed by atoms with E-state index in [9.17, 15) is 23.2 Å². The van der Waals surface area contributed by atoms with Gasteiger partial charge in [0.15, 0.2) is 5.58 Å². The van der Waals surface area contributed by atoms with Gasteiger partial charge >= 0.3 is 5.69 Å². The van der Waals surface area contributed by atoms with Gasteiger partial charge in [-0.15, -0.1) is 0 Å². The summed E-state index contributed by atoms with van der Waals surface area (Å²) >= 11 is 5.95. The Morgan fingerprint density at radius 1 is 1.19 bits per heavy atom. The van der Waals surface area contributed by atoms with Crippen molar-refractivity contribution in [2.45, 2.75) is 9.79 Å². The SMILES string of the molecule is O=c1[nH]c2c(S(=O)(=O)c3ccc4cnoc4c3)ccc(Cl)c2c(=O)n1O. The van der Waals surface area contributed by atoms with Gasteiger partial charge in [-0.3, -0.25) is 4.79 Å². The second kappa shape index (κ2) is 5.44. The summed E-state index contributed by atoms with van der Waals surface area (Å²) in [5, 5.41) is 13.2. The summed E-state index contributed by atoms with van der Waals surface area (Å²) in [5.74, 6) is 0. The van der Waals surface area contributed by atoms with Crippen molar-refractivity contribution in [3.05, 3.63) is 62.4 Å². The summed E-state index contributed by atoms with van der Waals surface area (Å²) in [5.41, 5.74) is -2.35. The molecule has 2 N–H and O–H groups in total. The Labute approximate surface area is 148 Å². The molecule has 0 amide bonds. The van der Waals surface area contributed by atoms with Crippen molar-refractivity contribution >= 4 is 43.3 Å². The average molecular weight is 394 g/mol. The fourth-order valence-electron chi connectivity index (χ4n) is 2.61. The van der Waals surface area contributed by atoms with Crippen molar-refractivity contribution in [1.29, 1.82) is 0 Å². The van der Waals surface area contributed by atoms with Crippen LogP contribution in [0.2, 0.25) is 5.02 Å². The van der Waals surface area contributed by atoms with Crippen LogP contribution in [0.3, 0.4) is 0 Å². The van der Waals surface area contributed by atoms with Crippen LogP contribution in [-0.2, 0) is 9.84 Å². The van der Waals surface area contributed by atoms with E-state index in [1.165, 1.54) is 36.5 Å². The van der Waals surface area contributed by atoms with E-state index in [4.69, 9.17) is 16.1 Å². The second-order valence-corrected chi connectivity index (χ2v) is 7.70. The van der Waals surface area contributed by atoms with Gasteiger partial charge in [0.25, 0.3) is 5.56 Å². The number of aromatic amines is 1. The molecule has 0 fully saturated rings. The number of rotatable bonds is 2. The molecule has 0 radical (unpaired) electrons. The molecule has 26 heavy (non-hydrogen) atoms. The number of nitrogens with one attached hydrogen (secondary N) is 1. The molecule has 2 aromatic heterocycles. The second-order valence-electron chi connectivity index (χ2n) is 5.37. The highest BCUT2D eigenvalue weighted by atomic mass is 35.5. The topological polar surface area (TPSA) is 135 Å². The van der Waals surface area contributed by atoms with E-state index < -0.39 is 21.1 Å². The Kier molecular flexibility index (Phi) is 3.43. The fourth-order valence-corrected chi connectivity index (χ4v) is 4.28. The molecule has 0 bridgehead atoms. The number of nitrogens with zero attached hydrogens (tertiary/aromatic N) is 2.